The topological polar surface area (TPSA) is 122 Å². The van der Waals surface area contributed by atoms with Crippen LogP contribution in [0.25, 0.3) is 10.4 Å². The Morgan fingerprint density at radius 1 is 1.76 bits per heavy atom. The number of halogens is 1. The minimum atomic E-state index is -0.770. The van der Waals surface area contributed by atoms with Gasteiger partial charge in [0.25, 0.3) is 5.56 Å². The van der Waals surface area contributed by atoms with Gasteiger partial charge in [0.05, 0.1) is 25.4 Å². The molecule has 0 spiro atoms. The van der Waals surface area contributed by atoms with Gasteiger partial charge in [0.2, 0.25) is 0 Å². The number of hydrogen-bond acceptors (Lipinski definition) is 6. The molecule has 9 nitrogen and oxygen atoms in total. The predicted molar refractivity (Wildman–Crippen MR) is 75.9 cm³/mol. The summed E-state index contributed by atoms with van der Waals surface area (Å²) < 4.78 is 12.8. The second-order valence-electron chi connectivity index (χ2n) is 4.36. The molecule has 1 aliphatic rings. The van der Waals surface area contributed by atoms with Gasteiger partial charge in [-0.1, -0.05) is 5.11 Å². The first-order valence-electron chi connectivity index (χ1n) is 6.32. The molecule has 1 N–H and O–H groups in total. The molecule has 0 unspecified atom stereocenters. The van der Waals surface area contributed by atoms with Gasteiger partial charge in [-0.2, -0.15) is 4.98 Å². The van der Waals surface area contributed by atoms with Gasteiger partial charge >= 0.3 is 6.01 Å². The minimum Gasteiger partial charge on any atom is -0.465 e. The molecule has 21 heavy (non-hydrogen) atoms. The van der Waals surface area contributed by atoms with Crippen LogP contribution < -0.4 is 10.3 Å². The third-order valence-electron chi connectivity index (χ3n) is 2.99. The number of aliphatic hydroxyl groups excluding tert-OH is 1. The average molecular weight is 360 g/mol. The Hall–Kier alpha value is -1.61. The summed E-state index contributed by atoms with van der Waals surface area (Å²) in [5.41, 5.74) is 7.88. The zero-order chi connectivity index (χ0) is 15.4. The number of aromatic nitrogens is 2. The minimum absolute atomic E-state index is 0.0347. The summed E-state index contributed by atoms with van der Waals surface area (Å²) in [6, 6.07) is 0.118. The van der Waals surface area contributed by atoms with Crippen molar-refractivity contribution in [2.45, 2.75) is 31.8 Å². The average Bonchev–Trinajstić information content (AvgIpc) is 2.81. The van der Waals surface area contributed by atoms with E-state index in [1.807, 2.05) is 0 Å². The molecule has 0 bridgehead atoms. The van der Waals surface area contributed by atoms with Crippen LogP contribution in [0.4, 0.5) is 0 Å². The van der Waals surface area contributed by atoms with E-state index in [9.17, 15) is 9.90 Å². The number of aliphatic hydroxyl groups is 1. The molecule has 1 saturated heterocycles. The van der Waals surface area contributed by atoms with Crippen molar-refractivity contribution in [3.8, 4) is 6.01 Å². The fraction of sp³-hybridized carbons (Fsp3) is 0.636. The van der Waals surface area contributed by atoms with E-state index >= 15 is 0 Å². The zero-order valence-corrected chi connectivity index (χ0v) is 12.8. The predicted octanol–water partition coefficient (Wildman–Crippen LogP) is 1.36. The van der Waals surface area contributed by atoms with E-state index in [-0.39, 0.29) is 23.4 Å². The van der Waals surface area contributed by atoms with Crippen molar-refractivity contribution in [3.05, 3.63) is 31.5 Å². The van der Waals surface area contributed by atoms with Gasteiger partial charge in [-0.25, -0.2) is 0 Å². The molecule has 10 heteroatoms. The first-order chi connectivity index (χ1) is 10.1. The second kappa shape index (κ2) is 6.90. The number of ether oxygens (including phenoxy) is 2. The van der Waals surface area contributed by atoms with E-state index in [1.54, 1.807) is 6.92 Å². The number of nitrogens with zero attached hydrogens (tertiary/aromatic N) is 5. The van der Waals surface area contributed by atoms with E-state index in [1.165, 1.54) is 10.8 Å². The lowest BCUT2D eigenvalue weighted by Gasteiger charge is -2.18. The summed E-state index contributed by atoms with van der Waals surface area (Å²) in [6.45, 7) is 2.14. The van der Waals surface area contributed by atoms with Crippen LogP contribution in [0.5, 0.6) is 6.01 Å². The van der Waals surface area contributed by atoms with Crippen molar-refractivity contribution >= 4 is 15.9 Å². The molecule has 0 saturated carbocycles. The normalized spacial score (nSPS) is 24.6. The maximum absolute atomic E-state index is 11.6. The molecule has 114 valence electrons. The van der Waals surface area contributed by atoms with Crippen molar-refractivity contribution in [1.82, 2.24) is 9.55 Å². The molecular formula is C11H14BrN5O4. The van der Waals surface area contributed by atoms with Crippen LogP contribution >= 0.6 is 15.9 Å². The Kier molecular flexibility index (Phi) is 5.18. The molecule has 1 aliphatic heterocycles. The highest BCUT2D eigenvalue weighted by Crippen LogP contribution is 2.31. The lowest BCUT2D eigenvalue weighted by molar-refractivity contribution is -0.0174. The van der Waals surface area contributed by atoms with E-state index < -0.39 is 24.0 Å². The van der Waals surface area contributed by atoms with E-state index in [4.69, 9.17) is 15.0 Å². The Balaban J connectivity index is 2.27. The highest BCUT2D eigenvalue weighted by molar-refractivity contribution is 9.10. The Morgan fingerprint density at radius 3 is 3.19 bits per heavy atom. The van der Waals surface area contributed by atoms with Gasteiger partial charge in [-0.05, 0) is 28.4 Å². The summed E-state index contributed by atoms with van der Waals surface area (Å²) in [5.74, 6) is 0. The Labute approximate surface area is 128 Å². The quantitative estimate of drug-likeness (QED) is 0.483. The smallest absolute Gasteiger partial charge is 0.301 e. The molecule has 1 fully saturated rings. The first-order valence-corrected chi connectivity index (χ1v) is 7.12. The van der Waals surface area contributed by atoms with Crippen LogP contribution in [-0.4, -0.2) is 40.0 Å². The lowest BCUT2D eigenvalue weighted by Crippen LogP contribution is -2.23. The summed E-state index contributed by atoms with van der Waals surface area (Å²) in [7, 11) is 0. The van der Waals surface area contributed by atoms with Crippen LogP contribution in [0.1, 0.15) is 19.6 Å². The molecule has 2 heterocycles. The Morgan fingerprint density at radius 2 is 2.52 bits per heavy atom. The van der Waals surface area contributed by atoms with Crippen LogP contribution in [0.15, 0.2) is 20.6 Å². The third kappa shape index (κ3) is 3.53. The molecular weight excluding hydrogens is 346 g/mol. The molecule has 0 radical (unpaired) electrons. The summed E-state index contributed by atoms with van der Waals surface area (Å²) >= 11 is 3.11. The maximum Gasteiger partial charge on any atom is 0.301 e. The van der Waals surface area contributed by atoms with Crippen molar-refractivity contribution in [1.29, 1.82) is 0 Å². The fourth-order valence-corrected chi connectivity index (χ4v) is 2.35. The van der Waals surface area contributed by atoms with E-state index in [0.717, 1.165) is 0 Å². The SMILES string of the molecule is CCOc1nc(=O)c(Br)cn1[C@H]1C[C@H](O)[C@@H](CN=[N+]=[N-])O1. The van der Waals surface area contributed by atoms with Crippen LogP contribution in [0, 0.1) is 0 Å². The lowest BCUT2D eigenvalue weighted by atomic mass is 10.2. The summed E-state index contributed by atoms with van der Waals surface area (Å²) in [5, 5.41) is 13.3. The fourth-order valence-electron chi connectivity index (χ4n) is 2.04. The highest BCUT2D eigenvalue weighted by atomic mass is 79.9. The first kappa shape index (κ1) is 15.8. The van der Waals surface area contributed by atoms with Crippen molar-refractivity contribution in [2.75, 3.05) is 13.2 Å². The summed E-state index contributed by atoms with van der Waals surface area (Å²) in [6.07, 6.45) is -0.132. The maximum atomic E-state index is 11.6. The van der Waals surface area contributed by atoms with Gasteiger partial charge in [-0.3, -0.25) is 9.36 Å². The van der Waals surface area contributed by atoms with Crippen LogP contribution in [0.2, 0.25) is 0 Å². The molecule has 1 aromatic heterocycles. The van der Waals surface area contributed by atoms with Gasteiger partial charge in [0, 0.05) is 17.5 Å². The van der Waals surface area contributed by atoms with Crippen molar-refractivity contribution in [3.63, 3.8) is 0 Å². The van der Waals surface area contributed by atoms with Gasteiger partial charge in [0.15, 0.2) is 0 Å². The summed E-state index contributed by atoms with van der Waals surface area (Å²) in [4.78, 5) is 18.0. The Bertz CT molecular complexity index is 615. The molecule has 3 atom stereocenters. The van der Waals surface area contributed by atoms with Crippen LogP contribution in [-0.2, 0) is 4.74 Å². The number of rotatable bonds is 5. The van der Waals surface area contributed by atoms with Crippen molar-refractivity contribution < 1.29 is 14.6 Å². The van der Waals surface area contributed by atoms with E-state index in [2.05, 4.69) is 30.9 Å². The molecule has 0 amide bonds. The van der Waals surface area contributed by atoms with Crippen LogP contribution in [0.3, 0.4) is 0 Å². The largest absolute Gasteiger partial charge is 0.465 e. The van der Waals surface area contributed by atoms with Gasteiger partial charge in [-0.15, -0.1) is 0 Å². The molecule has 1 aromatic rings. The van der Waals surface area contributed by atoms with Gasteiger partial charge < -0.3 is 14.6 Å². The molecule has 0 aromatic carbocycles. The third-order valence-corrected chi connectivity index (χ3v) is 3.53. The molecule has 0 aliphatic carbocycles. The number of azide groups is 1. The standard InChI is InChI=1S/C11H14BrN5O4/c1-2-20-11-15-10(19)6(12)5-17(11)9-3-7(18)8(21-9)4-14-16-13/h5,7-9,18H,2-4H2,1H3/t7-,8+,9+/m0/s1. The zero-order valence-electron chi connectivity index (χ0n) is 11.2. The molecule has 2 rings (SSSR count). The second-order valence-corrected chi connectivity index (χ2v) is 5.22. The van der Waals surface area contributed by atoms with Crippen molar-refractivity contribution in [2.24, 2.45) is 5.11 Å². The highest BCUT2D eigenvalue weighted by Gasteiger charge is 2.35. The number of hydrogen-bond donors (Lipinski definition) is 1. The van der Waals surface area contributed by atoms with Gasteiger partial charge in [0.1, 0.15) is 10.7 Å². The van der Waals surface area contributed by atoms with E-state index in [0.29, 0.717) is 6.61 Å². The monoisotopic (exact) mass is 359 g/mol.